The molecule has 2 aromatic carbocycles. The van der Waals surface area contributed by atoms with Crippen LogP contribution in [-0.4, -0.2) is 91.6 Å². The number of rotatable bonds is 6. The zero-order chi connectivity index (χ0) is 23.9. The lowest BCUT2D eigenvalue weighted by atomic mass is 10.1. The third-order valence-electron chi connectivity index (χ3n) is 6.10. The average Bonchev–Trinajstić information content (AvgIpc) is 3.09. The quantitative estimate of drug-likeness (QED) is 0.645. The van der Waals surface area contributed by atoms with E-state index in [0.29, 0.717) is 51.6 Å². The minimum absolute atomic E-state index is 0.00671. The summed E-state index contributed by atoms with van der Waals surface area (Å²) in [5, 5.41) is 0. The standard InChI is InChI=1S/C25H29F2N3O4/c26-19-7-8-22(23(27)15-19)25(32)30-13-14-33-21(17-30)16-28-9-4-10-29(12-11-28)24(31)18-34-20-5-2-1-3-6-20/h1-3,5-8,15,21H,4,9-14,16-18H2. The van der Waals surface area contributed by atoms with E-state index in [1.165, 1.54) is 6.07 Å². The van der Waals surface area contributed by atoms with Gasteiger partial charge in [0.25, 0.3) is 11.8 Å². The van der Waals surface area contributed by atoms with Crippen molar-refractivity contribution in [2.75, 3.05) is 59.0 Å². The molecule has 4 rings (SSSR count). The van der Waals surface area contributed by atoms with Gasteiger partial charge in [0.1, 0.15) is 17.4 Å². The highest BCUT2D eigenvalue weighted by molar-refractivity contribution is 5.94. The Kier molecular flexibility index (Phi) is 8.08. The van der Waals surface area contributed by atoms with Crippen LogP contribution in [0.2, 0.25) is 0 Å². The van der Waals surface area contributed by atoms with Gasteiger partial charge in [0.15, 0.2) is 6.61 Å². The first-order chi connectivity index (χ1) is 16.5. The maximum atomic E-state index is 14.1. The molecule has 34 heavy (non-hydrogen) atoms. The van der Waals surface area contributed by atoms with Gasteiger partial charge in [0.2, 0.25) is 0 Å². The van der Waals surface area contributed by atoms with Crippen molar-refractivity contribution in [2.24, 2.45) is 0 Å². The Hall–Kier alpha value is -3.04. The third-order valence-corrected chi connectivity index (χ3v) is 6.10. The summed E-state index contributed by atoms with van der Waals surface area (Å²) in [6.07, 6.45) is 0.609. The van der Waals surface area contributed by atoms with Crippen LogP contribution < -0.4 is 4.74 Å². The second-order valence-electron chi connectivity index (χ2n) is 8.50. The normalized spacial score (nSPS) is 19.5. The van der Waals surface area contributed by atoms with Gasteiger partial charge in [-0.3, -0.25) is 14.5 Å². The first-order valence-corrected chi connectivity index (χ1v) is 11.5. The smallest absolute Gasteiger partial charge is 0.260 e. The van der Waals surface area contributed by atoms with Gasteiger partial charge in [-0.15, -0.1) is 0 Å². The fourth-order valence-electron chi connectivity index (χ4n) is 4.29. The highest BCUT2D eigenvalue weighted by Crippen LogP contribution is 2.16. The van der Waals surface area contributed by atoms with E-state index in [-0.39, 0.29) is 24.2 Å². The van der Waals surface area contributed by atoms with E-state index in [0.717, 1.165) is 25.1 Å². The maximum absolute atomic E-state index is 14.1. The summed E-state index contributed by atoms with van der Waals surface area (Å²) in [5.41, 5.74) is -0.135. The Labute approximate surface area is 197 Å². The summed E-state index contributed by atoms with van der Waals surface area (Å²) < 4.78 is 38.7. The Morgan fingerprint density at radius 2 is 1.79 bits per heavy atom. The first-order valence-electron chi connectivity index (χ1n) is 11.5. The molecule has 1 unspecified atom stereocenters. The minimum atomic E-state index is -0.860. The van der Waals surface area contributed by atoms with Crippen molar-refractivity contribution in [3.63, 3.8) is 0 Å². The number of hydrogen-bond acceptors (Lipinski definition) is 5. The van der Waals surface area contributed by atoms with E-state index in [1.807, 2.05) is 35.2 Å². The van der Waals surface area contributed by atoms with Gasteiger partial charge in [0, 0.05) is 45.3 Å². The van der Waals surface area contributed by atoms with Crippen molar-refractivity contribution in [2.45, 2.75) is 12.5 Å². The Morgan fingerprint density at radius 3 is 2.59 bits per heavy atom. The molecule has 0 aromatic heterocycles. The van der Waals surface area contributed by atoms with Crippen LogP contribution >= 0.6 is 0 Å². The molecule has 182 valence electrons. The molecule has 2 saturated heterocycles. The van der Waals surface area contributed by atoms with Crippen molar-refractivity contribution in [1.82, 2.24) is 14.7 Å². The van der Waals surface area contributed by atoms with Gasteiger partial charge >= 0.3 is 0 Å². The highest BCUT2D eigenvalue weighted by Gasteiger charge is 2.29. The van der Waals surface area contributed by atoms with Crippen molar-refractivity contribution < 1.29 is 27.8 Å². The molecule has 0 N–H and O–H groups in total. The van der Waals surface area contributed by atoms with E-state index in [2.05, 4.69) is 4.90 Å². The molecule has 7 nitrogen and oxygen atoms in total. The van der Waals surface area contributed by atoms with Crippen LogP contribution in [-0.2, 0) is 9.53 Å². The van der Waals surface area contributed by atoms with Crippen LogP contribution in [0.5, 0.6) is 5.75 Å². The summed E-state index contributed by atoms with van der Waals surface area (Å²) in [5.74, 6) is -1.41. The molecule has 9 heteroatoms. The Morgan fingerprint density at radius 1 is 0.971 bits per heavy atom. The van der Waals surface area contributed by atoms with E-state index in [1.54, 1.807) is 4.90 Å². The van der Waals surface area contributed by atoms with E-state index in [9.17, 15) is 18.4 Å². The van der Waals surface area contributed by atoms with Crippen LogP contribution in [0.1, 0.15) is 16.8 Å². The number of nitrogens with zero attached hydrogens (tertiary/aromatic N) is 3. The molecule has 0 radical (unpaired) electrons. The van der Waals surface area contributed by atoms with Gasteiger partial charge in [-0.25, -0.2) is 8.78 Å². The molecule has 2 fully saturated rings. The second-order valence-corrected chi connectivity index (χ2v) is 8.50. The zero-order valence-corrected chi connectivity index (χ0v) is 19.0. The van der Waals surface area contributed by atoms with Gasteiger partial charge in [-0.2, -0.15) is 0 Å². The van der Waals surface area contributed by atoms with Gasteiger partial charge in [0.05, 0.1) is 18.3 Å². The fraction of sp³-hybridized carbons (Fsp3) is 0.440. The van der Waals surface area contributed by atoms with Crippen molar-refractivity contribution >= 4 is 11.8 Å². The first kappa shape index (κ1) is 24.1. The summed E-state index contributed by atoms with van der Waals surface area (Å²) in [6.45, 7) is 4.41. The molecule has 2 amide bonds. The summed E-state index contributed by atoms with van der Waals surface area (Å²) in [4.78, 5) is 30.9. The predicted octanol–water partition coefficient (Wildman–Crippen LogP) is 2.42. The number of ether oxygens (including phenoxy) is 2. The number of amides is 2. The van der Waals surface area contributed by atoms with E-state index >= 15 is 0 Å². The zero-order valence-electron chi connectivity index (χ0n) is 19.0. The lowest BCUT2D eigenvalue weighted by Gasteiger charge is -2.35. The van der Waals surface area contributed by atoms with Crippen LogP contribution in [0.4, 0.5) is 8.78 Å². The molecule has 2 aliphatic heterocycles. The van der Waals surface area contributed by atoms with Gasteiger partial charge in [-0.1, -0.05) is 18.2 Å². The lowest BCUT2D eigenvalue weighted by molar-refractivity contribution is -0.133. The highest BCUT2D eigenvalue weighted by atomic mass is 19.1. The number of halogens is 2. The molecular weight excluding hydrogens is 444 g/mol. The maximum Gasteiger partial charge on any atom is 0.260 e. The summed E-state index contributed by atoms with van der Waals surface area (Å²) in [7, 11) is 0. The van der Waals surface area contributed by atoms with E-state index < -0.39 is 17.5 Å². The van der Waals surface area contributed by atoms with E-state index in [4.69, 9.17) is 9.47 Å². The van der Waals surface area contributed by atoms with Gasteiger partial charge in [-0.05, 0) is 37.2 Å². The molecule has 0 spiro atoms. The molecule has 0 saturated carbocycles. The number of hydrogen-bond donors (Lipinski definition) is 0. The van der Waals surface area contributed by atoms with Crippen LogP contribution in [0, 0.1) is 11.6 Å². The topological polar surface area (TPSA) is 62.3 Å². The minimum Gasteiger partial charge on any atom is -0.484 e. The van der Waals surface area contributed by atoms with Crippen molar-refractivity contribution in [3.8, 4) is 5.75 Å². The van der Waals surface area contributed by atoms with Crippen molar-refractivity contribution in [1.29, 1.82) is 0 Å². The third kappa shape index (κ3) is 6.30. The molecule has 2 aromatic rings. The van der Waals surface area contributed by atoms with Crippen LogP contribution in [0.15, 0.2) is 48.5 Å². The molecule has 1 atom stereocenters. The number of carbonyl (C=O) groups excluding carboxylic acids is 2. The predicted molar refractivity (Wildman–Crippen MR) is 122 cm³/mol. The summed E-state index contributed by atoms with van der Waals surface area (Å²) >= 11 is 0. The molecule has 0 aliphatic carbocycles. The average molecular weight is 474 g/mol. The largest absolute Gasteiger partial charge is 0.484 e. The second kappa shape index (κ2) is 11.4. The summed E-state index contributed by atoms with van der Waals surface area (Å²) in [6, 6.07) is 12.2. The molecule has 2 aliphatic rings. The Bertz CT molecular complexity index is 991. The van der Waals surface area contributed by atoms with Crippen LogP contribution in [0.25, 0.3) is 0 Å². The monoisotopic (exact) mass is 473 g/mol. The lowest BCUT2D eigenvalue weighted by Crippen LogP contribution is -2.50. The number of carbonyl (C=O) groups is 2. The number of benzene rings is 2. The fourth-order valence-corrected chi connectivity index (χ4v) is 4.29. The number of morpholine rings is 1. The Balaban J connectivity index is 1.26. The molecular formula is C25H29F2N3O4. The number of para-hydroxylation sites is 1. The SMILES string of the molecule is O=C(COc1ccccc1)N1CCCN(CC2CN(C(=O)c3ccc(F)cc3F)CCO2)CC1. The van der Waals surface area contributed by atoms with Gasteiger partial charge < -0.3 is 19.3 Å². The van der Waals surface area contributed by atoms with Crippen LogP contribution in [0.3, 0.4) is 0 Å². The molecule has 2 heterocycles. The molecule has 0 bridgehead atoms. The van der Waals surface area contributed by atoms with Crippen molar-refractivity contribution in [3.05, 3.63) is 65.7 Å².